The third kappa shape index (κ3) is 2.77. The number of hydrogen-bond acceptors (Lipinski definition) is 7. The van der Waals surface area contributed by atoms with Gasteiger partial charge in [0, 0.05) is 33.3 Å². The van der Waals surface area contributed by atoms with Crippen LogP contribution in [-0.2, 0) is 4.79 Å². The van der Waals surface area contributed by atoms with Crippen molar-refractivity contribution in [2.45, 2.75) is 18.4 Å². The molecule has 4 rings (SSSR count). The molecule has 1 saturated heterocycles. The largest absolute Gasteiger partial charge is 0.369 e. The molecule has 1 amide bonds. The van der Waals surface area contributed by atoms with Gasteiger partial charge in [0.25, 0.3) is 0 Å². The summed E-state index contributed by atoms with van der Waals surface area (Å²) >= 11 is 0. The van der Waals surface area contributed by atoms with E-state index in [1.165, 1.54) is 0 Å². The summed E-state index contributed by atoms with van der Waals surface area (Å²) in [6.45, 7) is 1.43. The standard InChI is InChI=1S/C18H23N7O/c1-24(2)14-11-15(22-17(19)21-14)25-9-7-18(8-10-25)16(26)20-12-5-3-4-6-13(12)23-18/h3-6,11,23H,7-10H2,1-2H3,(H,20,26)(H2,19,21,22). The molecule has 0 atom stereocenters. The summed E-state index contributed by atoms with van der Waals surface area (Å²) in [5.74, 6) is 1.86. The number of fused-ring (bicyclic) bond motifs is 1. The molecule has 26 heavy (non-hydrogen) atoms. The summed E-state index contributed by atoms with van der Waals surface area (Å²) in [7, 11) is 3.84. The van der Waals surface area contributed by atoms with Crippen molar-refractivity contribution in [2.24, 2.45) is 0 Å². The third-order valence-corrected chi connectivity index (χ3v) is 5.10. The van der Waals surface area contributed by atoms with Crippen molar-refractivity contribution in [3.63, 3.8) is 0 Å². The summed E-state index contributed by atoms with van der Waals surface area (Å²) in [5, 5.41) is 6.51. The fourth-order valence-corrected chi connectivity index (χ4v) is 3.56. The van der Waals surface area contributed by atoms with Gasteiger partial charge in [0.2, 0.25) is 11.9 Å². The number of carbonyl (C=O) groups is 1. The number of benzene rings is 1. The third-order valence-electron chi connectivity index (χ3n) is 5.10. The Kier molecular flexibility index (Phi) is 3.82. The van der Waals surface area contributed by atoms with E-state index >= 15 is 0 Å². The molecule has 0 bridgehead atoms. The van der Waals surface area contributed by atoms with Crippen molar-refractivity contribution < 1.29 is 4.79 Å². The van der Waals surface area contributed by atoms with E-state index in [1.807, 2.05) is 49.3 Å². The smallest absolute Gasteiger partial charge is 0.250 e. The molecule has 2 aromatic rings. The SMILES string of the molecule is CN(C)c1cc(N2CCC3(CC2)Nc2ccccc2NC3=O)nc(N)n1. The van der Waals surface area contributed by atoms with Crippen LogP contribution >= 0.6 is 0 Å². The number of hydrogen-bond donors (Lipinski definition) is 3. The van der Waals surface area contributed by atoms with Crippen LogP contribution in [0.5, 0.6) is 0 Å². The first-order chi connectivity index (χ1) is 12.5. The maximum absolute atomic E-state index is 12.7. The lowest BCUT2D eigenvalue weighted by molar-refractivity contribution is -0.121. The molecule has 8 nitrogen and oxygen atoms in total. The molecular formula is C18H23N7O. The zero-order valence-corrected chi connectivity index (χ0v) is 15.0. The van der Waals surface area contributed by atoms with Gasteiger partial charge in [-0.25, -0.2) is 0 Å². The van der Waals surface area contributed by atoms with E-state index in [0.717, 1.165) is 23.0 Å². The summed E-state index contributed by atoms with van der Waals surface area (Å²) in [6.07, 6.45) is 1.38. The Bertz CT molecular complexity index is 843. The molecule has 8 heteroatoms. The van der Waals surface area contributed by atoms with E-state index in [2.05, 4.69) is 25.5 Å². The van der Waals surface area contributed by atoms with E-state index in [1.54, 1.807) is 0 Å². The van der Waals surface area contributed by atoms with Crippen LogP contribution in [0, 0.1) is 0 Å². The lowest BCUT2D eigenvalue weighted by Crippen LogP contribution is -2.58. The molecule has 0 radical (unpaired) electrons. The fourth-order valence-electron chi connectivity index (χ4n) is 3.56. The molecule has 1 aromatic heterocycles. The van der Waals surface area contributed by atoms with E-state index in [0.29, 0.717) is 25.9 Å². The van der Waals surface area contributed by atoms with Crippen LogP contribution in [0.25, 0.3) is 0 Å². The molecule has 1 fully saturated rings. The second-order valence-electron chi connectivity index (χ2n) is 7.03. The number of piperidine rings is 1. The molecule has 4 N–H and O–H groups in total. The van der Waals surface area contributed by atoms with Crippen LogP contribution in [-0.4, -0.2) is 48.6 Å². The second-order valence-corrected chi connectivity index (χ2v) is 7.03. The first kappa shape index (κ1) is 16.4. The van der Waals surface area contributed by atoms with Gasteiger partial charge in [-0.1, -0.05) is 12.1 Å². The Morgan fingerprint density at radius 2 is 1.85 bits per heavy atom. The first-order valence-corrected chi connectivity index (χ1v) is 8.72. The van der Waals surface area contributed by atoms with E-state index in [9.17, 15) is 4.79 Å². The highest BCUT2D eigenvalue weighted by Crippen LogP contribution is 2.37. The number of para-hydroxylation sites is 2. The van der Waals surface area contributed by atoms with Crippen molar-refractivity contribution in [2.75, 3.05) is 53.4 Å². The number of nitrogens with zero attached hydrogens (tertiary/aromatic N) is 4. The molecule has 0 unspecified atom stereocenters. The molecule has 1 spiro atoms. The van der Waals surface area contributed by atoms with Crippen LogP contribution < -0.4 is 26.2 Å². The highest BCUT2D eigenvalue weighted by Gasteiger charge is 2.44. The van der Waals surface area contributed by atoms with Crippen molar-refractivity contribution in [3.8, 4) is 0 Å². The number of amides is 1. The lowest BCUT2D eigenvalue weighted by Gasteiger charge is -2.44. The molecular weight excluding hydrogens is 330 g/mol. The van der Waals surface area contributed by atoms with Gasteiger partial charge in [0.15, 0.2) is 0 Å². The number of nitrogens with two attached hydrogens (primary N) is 1. The summed E-state index contributed by atoms with van der Waals surface area (Å²) in [6, 6.07) is 9.73. The Balaban J connectivity index is 1.54. The van der Waals surface area contributed by atoms with E-state index in [4.69, 9.17) is 5.73 Å². The van der Waals surface area contributed by atoms with Crippen LogP contribution in [0.1, 0.15) is 12.8 Å². The maximum Gasteiger partial charge on any atom is 0.250 e. The minimum Gasteiger partial charge on any atom is -0.369 e. The van der Waals surface area contributed by atoms with Gasteiger partial charge in [-0.05, 0) is 25.0 Å². The summed E-state index contributed by atoms with van der Waals surface area (Å²) in [5.41, 5.74) is 7.10. The van der Waals surface area contributed by atoms with Crippen LogP contribution in [0.4, 0.5) is 29.0 Å². The normalized spacial score (nSPS) is 18.1. The van der Waals surface area contributed by atoms with Crippen molar-refractivity contribution in [1.29, 1.82) is 0 Å². The van der Waals surface area contributed by atoms with Gasteiger partial charge >= 0.3 is 0 Å². The molecule has 0 aliphatic carbocycles. The van der Waals surface area contributed by atoms with Gasteiger partial charge in [-0.15, -0.1) is 0 Å². The number of rotatable bonds is 2. The van der Waals surface area contributed by atoms with Crippen LogP contribution in [0.15, 0.2) is 30.3 Å². The number of carbonyl (C=O) groups excluding carboxylic acids is 1. The number of nitrogens with one attached hydrogen (secondary N) is 2. The predicted octanol–water partition coefficient (Wildman–Crippen LogP) is 1.53. The van der Waals surface area contributed by atoms with Gasteiger partial charge in [0.1, 0.15) is 17.2 Å². The summed E-state index contributed by atoms with van der Waals surface area (Å²) < 4.78 is 0. The highest BCUT2D eigenvalue weighted by atomic mass is 16.2. The zero-order chi connectivity index (χ0) is 18.3. The summed E-state index contributed by atoms with van der Waals surface area (Å²) in [4.78, 5) is 25.4. The monoisotopic (exact) mass is 353 g/mol. The van der Waals surface area contributed by atoms with Crippen molar-refractivity contribution in [1.82, 2.24) is 9.97 Å². The average molecular weight is 353 g/mol. The molecule has 2 aliphatic heterocycles. The quantitative estimate of drug-likeness (QED) is 0.753. The van der Waals surface area contributed by atoms with Crippen molar-refractivity contribution >= 4 is 34.9 Å². The Hall–Kier alpha value is -3.03. The highest BCUT2D eigenvalue weighted by molar-refractivity contribution is 6.06. The fraction of sp³-hybridized carbons (Fsp3) is 0.389. The topological polar surface area (TPSA) is 99.4 Å². The van der Waals surface area contributed by atoms with Gasteiger partial charge < -0.3 is 26.2 Å². The minimum absolute atomic E-state index is 0.0343. The Labute approximate surface area is 152 Å². The average Bonchev–Trinajstić information content (AvgIpc) is 2.63. The molecule has 2 aliphatic rings. The van der Waals surface area contributed by atoms with Gasteiger partial charge in [0.05, 0.1) is 11.4 Å². The van der Waals surface area contributed by atoms with Gasteiger partial charge in [-0.2, -0.15) is 9.97 Å². The Morgan fingerprint density at radius 1 is 1.15 bits per heavy atom. The maximum atomic E-state index is 12.7. The molecule has 136 valence electrons. The van der Waals surface area contributed by atoms with Gasteiger partial charge in [-0.3, -0.25) is 4.79 Å². The molecule has 1 aromatic carbocycles. The Morgan fingerprint density at radius 3 is 2.54 bits per heavy atom. The molecule has 3 heterocycles. The number of aromatic nitrogens is 2. The molecule has 0 saturated carbocycles. The zero-order valence-electron chi connectivity index (χ0n) is 15.0. The lowest BCUT2D eigenvalue weighted by atomic mass is 9.84. The van der Waals surface area contributed by atoms with E-state index in [-0.39, 0.29) is 11.9 Å². The first-order valence-electron chi connectivity index (χ1n) is 8.72. The number of anilines is 5. The minimum atomic E-state index is -0.576. The predicted molar refractivity (Wildman–Crippen MR) is 104 cm³/mol. The second kappa shape index (κ2) is 6.05. The van der Waals surface area contributed by atoms with Crippen LogP contribution in [0.3, 0.4) is 0 Å². The number of nitrogen functional groups attached to an aromatic ring is 1. The van der Waals surface area contributed by atoms with Crippen molar-refractivity contribution in [3.05, 3.63) is 30.3 Å². The van der Waals surface area contributed by atoms with E-state index < -0.39 is 5.54 Å². The van der Waals surface area contributed by atoms with Crippen LogP contribution in [0.2, 0.25) is 0 Å².